The van der Waals surface area contributed by atoms with E-state index >= 15 is 0 Å². The molecule has 1 fully saturated rings. The molecule has 124 valence electrons. The summed E-state index contributed by atoms with van der Waals surface area (Å²) >= 11 is 0. The molecule has 0 amide bonds. The third kappa shape index (κ3) is 4.12. The molecule has 0 spiro atoms. The lowest BCUT2D eigenvalue weighted by Gasteiger charge is -2.19. The second-order valence-corrected chi connectivity index (χ2v) is 7.24. The number of ether oxygens (including phenoxy) is 2. The van der Waals surface area contributed by atoms with Crippen LogP contribution in [0.4, 0.5) is 8.78 Å². The van der Waals surface area contributed by atoms with Crippen molar-refractivity contribution >= 4 is 7.60 Å². The fraction of sp³-hybridized carbons (Fsp3) is 0.571. The molecule has 1 N–H and O–H groups in total. The van der Waals surface area contributed by atoms with E-state index in [2.05, 4.69) is 0 Å². The molecule has 1 aliphatic heterocycles. The molecule has 2 rings (SSSR count). The first-order valence-corrected chi connectivity index (χ1v) is 8.82. The van der Waals surface area contributed by atoms with E-state index in [1.54, 1.807) is 0 Å². The van der Waals surface area contributed by atoms with Crippen LogP contribution in [0.2, 0.25) is 0 Å². The Balaban J connectivity index is 2.23. The zero-order valence-electron chi connectivity index (χ0n) is 12.6. The first-order valence-electron chi connectivity index (χ1n) is 6.80. The van der Waals surface area contributed by atoms with Crippen LogP contribution in [0.3, 0.4) is 0 Å². The van der Waals surface area contributed by atoms with Crippen LogP contribution in [0.5, 0.6) is 0 Å². The summed E-state index contributed by atoms with van der Waals surface area (Å²) in [6.45, 7) is 2.75. The highest BCUT2D eigenvalue weighted by molar-refractivity contribution is 7.51. The lowest BCUT2D eigenvalue weighted by atomic mass is 10.0. The number of benzene rings is 1. The van der Waals surface area contributed by atoms with Gasteiger partial charge in [0, 0.05) is 31.8 Å². The van der Waals surface area contributed by atoms with Gasteiger partial charge < -0.3 is 18.9 Å². The molecule has 2 unspecified atom stereocenters. The van der Waals surface area contributed by atoms with E-state index in [9.17, 15) is 18.2 Å². The molecule has 1 aromatic rings. The Kier molecular flexibility index (Phi) is 5.35. The Morgan fingerprint density at radius 2 is 2.09 bits per heavy atom. The SMILES string of the molecule is COC[C@H]1O[C@@H](c2cc(C)c(F)cc2F)CC1OP(C)(=O)O. The van der Waals surface area contributed by atoms with Crippen LogP contribution in [0, 0.1) is 18.6 Å². The summed E-state index contributed by atoms with van der Waals surface area (Å²) in [6, 6.07) is 2.19. The van der Waals surface area contributed by atoms with E-state index < -0.39 is 37.5 Å². The average molecular weight is 336 g/mol. The standard InChI is InChI=1S/C14H19F2O5P/c1-8-4-9(11(16)5-10(8)15)12-6-13(21-22(3,17)18)14(20-12)7-19-2/h4-5,12-14H,6-7H2,1-3H3,(H,17,18)/t12-,13?,14-/m1/s1. The van der Waals surface area contributed by atoms with E-state index in [1.165, 1.54) is 20.1 Å². The summed E-state index contributed by atoms with van der Waals surface area (Å²) in [5, 5.41) is 0. The molecule has 0 aromatic heterocycles. The van der Waals surface area contributed by atoms with Crippen molar-refractivity contribution in [3.05, 3.63) is 34.9 Å². The van der Waals surface area contributed by atoms with Gasteiger partial charge in [0.25, 0.3) is 0 Å². The predicted molar refractivity (Wildman–Crippen MR) is 75.8 cm³/mol. The van der Waals surface area contributed by atoms with Crippen LogP contribution in [0.15, 0.2) is 12.1 Å². The van der Waals surface area contributed by atoms with Gasteiger partial charge in [0.1, 0.15) is 17.7 Å². The smallest absolute Gasteiger partial charge is 0.325 e. The van der Waals surface area contributed by atoms with Crippen molar-refractivity contribution < 1.29 is 32.2 Å². The van der Waals surface area contributed by atoms with Gasteiger partial charge in [-0.2, -0.15) is 0 Å². The van der Waals surface area contributed by atoms with Crippen LogP contribution in [0.25, 0.3) is 0 Å². The van der Waals surface area contributed by atoms with Crippen LogP contribution in [0.1, 0.15) is 23.7 Å². The van der Waals surface area contributed by atoms with Crippen molar-refractivity contribution in [2.24, 2.45) is 0 Å². The van der Waals surface area contributed by atoms with Crippen molar-refractivity contribution in [1.82, 2.24) is 0 Å². The number of hydrogen-bond acceptors (Lipinski definition) is 4. The molecule has 1 saturated heterocycles. The van der Waals surface area contributed by atoms with E-state index in [0.717, 1.165) is 12.7 Å². The van der Waals surface area contributed by atoms with Gasteiger partial charge in [-0.25, -0.2) is 8.78 Å². The molecule has 1 heterocycles. The molecule has 8 heteroatoms. The largest absolute Gasteiger partial charge is 0.382 e. The maximum atomic E-state index is 14.0. The number of hydrogen-bond donors (Lipinski definition) is 1. The molecule has 0 radical (unpaired) electrons. The fourth-order valence-electron chi connectivity index (χ4n) is 2.52. The van der Waals surface area contributed by atoms with Gasteiger partial charge >= 0.3 is 7.60 Å². The van der Waals surface area contributed by atoms with E-state index in [4.69, 9.17) is 14.0 Å². The van der Waals surface area contributed by atoms with Gasteiger partial charge in [0.15, 0.2) is 0 Å². The zero-order valence-corrected chi connectivity index (χ0v) is 13.5. The molecule has 0 bridgehead atoms. The topological polar surface area (TPSA) is 65.0 Å². The summed E-state index contributed by atoms with van der Waals surface area (Å²) in [5.41, 5.74) is 0.506. The van der Waals surface area contributed by atoms with Crippen molar-refractivity contribution in [1.29, 1.82) is 0 Å². The maximum absolute atomic E-state index is 14.0. The van der Waals surface area contributed by atoms with Gasteiger partial charge in [-0.05, 0) is 18.6 Å². The van der Waals surface area contributed by atoms with Crippen molar-refractivity contribution in [2.75, 3.05) is 20.4 Å². The third-order valence-electron chi connectivity index (χ3n) is 3.49. The summed E-state index contributed by atoms with van der Waals surface area (Å²) in [7, 11) is -2.25. The van der Waals surface area contributed by atoms with Crippen molar-refractivity contribution in [3.8, 4) is 0 Å². The minimum atomic E-state index is -3.71. The van der Waals surface area contributed by atoms with Crippen molar-refractivity contribution in [2.45, 2.75) is 31.7 Å². The Morgan fingerprint density at radius 3 is 2.68 bits per heavy atom. The normalized spacial score (nSPS) is 27.8. The summed E-state index contributed by atoms with van der Waals surface area (Å²) < 4.78 is 54.5. The first-order chi connectivity index (χ1) is 10.2. The maximum Gasteiger partial charge on any atom is 0.325 e. The minimum Gasteiger partial charge on any atom is -0.382 e. The first kappa shape index (κ1) is 17.5. The average Bonchev–Trinajstić information content (AvgIpc) is 2.75. The van der Waals surface area contributed by atoms with Crippen molar-refractivity contribution in [3.63, 3.8) is 0 Å². The molecule has 0 aliphatic carbocycles. The highest BCUT2D eigenvalue weighted by Crippen LogP contribution is 2.45. The Bertz CT molecular complexity index is 589. The van der Waals surface area contributed by atoms with E-state index in [1.807, 2.05) is 0 Å². The van der Waals surface area contributed by atoms with Gasteiger partial charge in [-0.3, -0.25) is 4.57 Å². The monoisotopic (exact) mass is 336 g/mol. The number of methoxy groups -OCH3 is 1. The molecule has 5 nitrogen and oxygen atoms in total. The molecular weight excluding hydrogens is 317 g/mol. The fourth-order valence-corrected chi connectivity index (χ4v) is 3.24. The Labute approximate surface area is 127 Å². The third-order valence-corrected chi connectivity index (χ3v) is 4.15. The lowest BCUT2D eigenvalue weighted by molar-refractivity contribution is -0.0306. The van der Waals surface area contributed by atoms with E-state index in [0.29, 0.717) is 5.56 Å². The van der Waals surface area contributed by atoms with Crippen LogP contribution in [-0.2, 0) is 18.6 Å². The Morgan fingerprint density at radius 1 is 1.41 bits per heavy atom. The molecule has 1 aliphatic rings. The number of halogens is 2. The zero-order chi connectivity index (χ0) is 16.5. The number of aryl methyl sites for hydroxylation is 1. The summed E-state index contributed by atoms with van der Waals surface area (Å²) in [4.78, 5) is 9.37. The van der Waals surface area contributed by atoms with Gasteiger partial charge in [-0.15, -0.1) is 0 Å². The summed E-state index contributed by atoms with van der Waals surface area (Å²) in [6.07, 6.45) is -1.79. The highest BCUT2D eigenvalue weighted by Gasteiger charge is 2.40. The number of rotatable bonds is 5. The molecular formula is C14H19F2O5P. The quantitative estimate of drug-likeness (QED) is 0.838. The molecule has 4 atom stereocenters. The lowest BCUT2D eigenvalue weighted by Crippen LogP contribution is -2.27. The Hall–Kier alpha value is -0.850. The van der Waals surface area contributed by atoms with E-state index in [-0.39, 0.29) is 18.6 Å². The van der Waals surface area contributed by atoms with Gasteiger partial charge in [0.05, 0.1) is 18.8 Å². The molecule has 22 heavy (non-hydrogen) atoms. The minimum absolute atomic E-state index is 0.142. The van der Waals surface area contributed by atoms with Gasteiger partial charge in [-0.1, -0.05) is 0 Å². The van der Waals surface area contributed by atoms with Crippen LogP contribution in [-0.4, -0.2) is 37.5 Å². The second-order valence-electron chi connectivity index (χ2n) is 5.42. The predicted octanol–water partition coefficient (Wildman–Crippen LogP) is 2.95. The van der Waals surface area contributed by atoms with Crippen LogP contribution >= 0.6 is 7.60 Å². The second kappa shape index (κ2) is 6.72. The van der Waals surface area contributed by atoms with Crippen LogP contribution < -0.4 is 0 Å². The highest BCUT2D eigenvalue weighted by atomic mass is 31.2. The van der Waals surface area contributed by atoms with Gasteiger partial charge in [0.2, 0.25) is 0 Å². The molecule has 0 saturated carbocycles. The summed E-state index contributed by atoms with van der Waals surface area (Å²) in [5.74, 6) is -1.34. The molecule has 1 aromatic carbocycles.